The van der Waals surface area contributed by atoms with E-state index in [0.29, 0.717) is 25.3 Å². The zero-order valence-corrected chi connectivity index (χ0v) is 14.2. The van der Waals surface area contributed by atoms with Gasteiger partial charge in [-0.3, -0.25) is 0 Å². The molecular weight excluding hydrogens is 365 g/mol. The molecule has 4 bridgehead atoms. The summed E-state index contributed by atoms with van der Waals surface area (Å²) < 4.78 is 0. The summed E-state index contributed by atoms with van der Waals surface area (Å²) in [5.74, 6) is 3.58. The van der Waals surface area contributed by atoms with Gasteiger partial charge in [0.05, 0.1) is 25.1 Å². The molecule has 0 nitrogen and oxygen atoms in total. The van der Waals surface area contributed by atoms with E-state index in [1.807, 2.05) is 0 Å². The van der Waals surface area contributed by atoms with Crippen molar-refractivity contribution in [2.45, 2.75) is 23.0 Å². The minimum absolute atomic E-state index is 0.239. The van der Waals surface area contributed by atoms with Crippen LogP contribution in [0.4, 0.5) is 0 Å². The summed E-state index contributed by atoms with van der Waals surface area (Å²) in [7, 11) is 0. The highest BCUT2D eigenvalue weighted by atomic mass is 35.5. The van der Waals surface area contributed by atoms with Crippen molar-refractivity contribution in [3.63, 3.8) is 0 Å². The summed E-state index contributed by atoms with van der Waals surface area (Å²) in [5, 5.41) is 2.34. The summed E-state index contributed by atoms with van der Waals surface area (Å²) in [6, 6.07) is 0. The number of hydrogen-bond acceptors (Lipinski definition) is 1. The van der Waals surface area contributed by atoms with Crippen LogP contribution >= 0.6 is 69.8 Å². The highest BCUT2D eigenvalue weighted by molar-refractivity contribution is 8.00. The zero-order valence-electron chi connectivity index (χ0n) is 9.60. The normalized spacial score (nSPS) is 38.1. The molecule has 0 unspecified atom stereocenters. The fraction of sp³-hybridized carbons (Fsp3) is 0.538. The van der Waals surface area contributed by atoms with Crippen molar-refractivity contribution < 1.29 is 0 Å². The molecule has 5 rings (SSSR count). The van der Waals surface area contributed by atoms with Crippen LogP contribution in [0.3, 0.4) is 0 Å². The van der Waals surface area contributed by atoms with Crippen LogP contribution in [0.15, 0.2) is 4.90 Å². The molecule has 4 aliphatic rings. The molecule has 102 valence electrons. The number of halogens is 5. The van der Waals surface area contributed by atoms with Gasteiger partial charge in [-0.15, -0.1) is 11.8 Å². The minimum Gasteiger partial charge on any atom is -0.119 e. The third-order valence-electron chi connectivity index (χ3n) is 4.82. The van der Waals surface area contributed by atoms with Gasteiger partial charge >= 0.3 is 0 Å². The van der Waals surface area contributed by atoms with Gasteiger partial charge in [0.15, 0.2) is 0 Å². The molecular formula is C13H9Cl5S. The molecule has 4 saturated carbocycles. The third-order valence-corrected chi connectivity index (χ3v) is 8.93. The first-order chi connectivity index (χ1) is 9.00. The van der Waals surface area contributed by atoms with Crippen LogP contribution in [0.2, 0.25) is 25.1 Å². The Morgan fingerprint density at radius 3 is 1.63 bits per heavy atom. The highest BCUT2D eigenvalue weighted by Crippen LogP contribution is 2.74. The van der Waals surface area contributed by atoms with Gasteiger partial charge in [0.1, 0.15) is 0 Å². The quantitative estimate of drug-likeness (QED) is 0.410. The number of rotatable bonds is 2. The zero-order chi connectivity index (χ0) is 13.5. The Balaban J connectivity index is 1.72. The molecule has 0 aliphatic heterocycles. The van der Waals surface area contributed by atoms with Gasteiger partial charge in [0, 0.05) is 10.1 Å². The summed E-state index contributed by atoms with van der Waals surface area (Å²) in [6.45, 7) is 0. The molecule has 19 heavy (non-hydrogen) atoms. The Morgan fingerprint density at radius 2 is 1.21 bits per heavy atom. The topological polar surface area (TPSA) is 0 Å². The van der Waals surface area contributed by atoms with Crippen molar-refractivity contribution in [3.05, 3.63) is 25.1 Å². The van der Waals surface area contributed by atoms with E-state index in [9.17, 15) is 0 Å². The lowest BCUT2D eigenvalue weighted by molar-refractivity contribution is 0.615. The molecule has 4 fully saturated rings. The van der Waals surface area contributed by atoms with Crippen LogP contribution in [0.5, 0.6) is 0 Å². The maximum Gasteiger partial charge on any atom is 0.0809 e. The maximum absolute atomic E-state index is 6.30. The van der Waals surface area contributed by atoms with E-state index in [-0.39, 0.29) is 5.02 Å². The lowest BCUT2D eigenvalue weighted by atomic mass is 10.1. The summed E-state index contributed by atoms with van der Waals surface area (Å²) in [4.78, 5) is 0.797. The lowest BCUT2D eigenvalue weighted by Crippen LogP contribution is -2.07. The Bertz CT molecular complexity index is 544. The van der Waals surface area contributed by atoms with E-state index in [4.69, 9.17) is 58.0 Å². The Kier molecular flexibility index (Phi) is 3.24. The molecule has 6 heteroatoms. The van der Waals surface area contributed by atoms with E-state index in [1.165, 1.54) is 12.8 Å². The van der Waals surface area contributed by atoms with Gasteiger partial charge in [0.25, 0.3) is 0 Å². The van der Waals surface area contributed by atoms with Crippen LogP contribution in [0.25, 0.3) is 0 Å². The fourth-order valence-electron chi connectivity index (χ4n) is 4.00. The molecule has 0 spiro atoms. The van der Waals surface area contributed by atoms with Crippen LogP contribution in [-0.4, -0.2) is 5.25 Å². The predicted molar refractivity (Wildman–Crippen MR) is 84.3 cm³/mol. The van der Waals surface area contributed by atoms with Crippen LogP contribution < -0.4 is 0 Å². The first kappa shape index (κ1) is 13.7. The van der Waals surface area contributed by atoms with E-state index >= 15 is 0 Å². The molecule has 4 aliphatic carbocycles. The molecule has 1 aromatic rings. The maximum atomic E-state index is 6.30. The first-order valence-electron chi connectivity index (χ1n) is 6.18. The SMILES string of the molecule is Clc1c(Cl)c(Cl)c(S[C@@H]2C3C[C@H]4C2[C@@H]4C3)c(Cl)c1Cl. The monoisotopic (exact) mass is 372 g/mol. The van der Waals surface area contributed by atoms with Gasteiger partial charge in [-0.25, -0.2) is 0 Å². The van der Waals surface area contributed by atoms with E-state index in [2.05, 4.69) is 0 Å². The van der Waals surface area contributed by atoms with Crippen LogP contribution in [0.1, 0.15) is 12.8 Å². The fourth-order valence-corrected chi connectivity index (χ4v) is 7.18. The molecule has 3 atom stereocenters. The smallest absolute Gasteiger partial charge is 0.0809 e. The molecule has 0 amide bonds. The van der Waals surface area contributed by atoms with Crippen molar-refractivity contribution in [2.24, 2.45) is 23.7 Å². The molecule has 0 radical (unpaired) electrons. The summed E-state index contributed by atoms with van der Waals surface area (Å²) in [6.07, 6.45) is 2.74. The van der Waals surface area contributed by atoms with Crippen LogP contribution in [-0.2, 0) is 0 Å². The standard InChI is InChI=1S/C13H9Cl5S/c14-7-8(15)10(17)13(11(18)9(7)16)19-12-3-1-4-5(2-3)6(4)12/h3-6,12H,1-2H2/t3?,4-,5-,6?,12-/m1/s1. The number of benzene rings is 1. The Hall–Kier alpha value is 1.02. The molecule has 0 N–H and O–H groups in total. The Morgan fingerprint density at radius 1 is 0.737 bits per heavy atom. The molecule has 0 heterocycles. The highest BCUT2D eigenvalue weighted by Gasteiger charge is 2.68. The second kappa shape index (κ2) is 4.51. The second-order valence-corrected chi connectivity index (χ2v) is 8.70. The van der Waals surface area contributed by atoms with Crippen molar-refractivity contribution in [1.82, 2.24) is 0 Å². The lowest BCUT2D eigenvalue weighted by Gasteiger charge is -2.18. The van der Waals surface area contributed by atoms with Crippen molar-refractivity contribution >= 4 is 69.8 Å². The Labute approximate surface area is 141 Å². The van der Waals surface area contributed by atoms with E-state index in [0.717, 1.165) is 28.6 Å². The predicted octanol–water partition coefficient (Wildman–Crippen LogP) is 6.70. The van der Waals surface area contributed by atoms with Crippen molar-refractivity contribution in [3.8, 4) is 0 Å². The third kappa shape index (κ3) is 1.82. The second-order valence-electron chi connectivity index (χ2n) is 5.62. The van der Waals surface area contributed by atoms with Gasteiger partial charge in [0.2, 0.25) is 0 Å². The summed E-state index contributed by atoms with van der Waals surface area (Å²) in [5.41, 5.74) is 0. The number of thioether (sulfide) groups is 1. The van der Waals surface area contributed by atoms with E-state index < -0.39 is 0 Å². The van der Waals surface area contributed by atoms with Crippen LogP contribution in [0, 0.1) is 23.7 Å². The average Bonchev–Trinajstić information content (AvgIpc) is 2.77. The van der Waals surface area contributed by atoms with Crippen molar-refractivity contribution in [1.29, 1.82) is 0 Å². The van der Waals surface area contributed by atoms with Gasteiger partial charge in [-0.2, -0.15) is 0 Å². The minimum atomic E-state index is 0.239. The summed E-state index contributed by atoms with van der Waals surface area (Å²) >= 11 is 32.6. The largest absolute Gasteiger partial charge is 0.119 e. The molecule has 1 aromatic carbocycles. The average molecular weight is 375 g/mol. The van der Waals surface area contributed by atoms with Gasteiger partial charge < -0.3 is 0 Å². The number of hydrogen-bond donors (Lipinski definition) is 0. The van der Waals surface area contributed by atoms with Gasteiger partial charge in [-0.05, 0) is 36.5 Å². The van der Waals surface area contributed by atoms with Crippen molar-refractivity contribution in [2.75, 3.05) is 0 Å². The first-order valence-corrected chi connectivity index (χ1v) is 8.95. The molecule has 0 saturated heterocycles. The van der Waals surface area contributed by atoms with E-state index in [1.54, 1.807) is 11.8 Å². The molecule has 0 aromatic heterocycles. The van der Waals surface area contributed by atoms with Gasteiger partial charge in [-0.1, -0.05) is 58.0 Å².